The highest BCUT2D eigenvalue weighted by molar-refractivity contribution is 5.42. The molecule has 1 aromatic heterocycles. The van der Waals surface area contributed by atoms with Gasteiger partial charge >= 0.3 is 0 Å². The molecule has 1 unspecified atom stereocenters. The van der Waals surface area contributed by atoms with Crippen LogP contribution >= 0.6 is 0 Å². The molecule has 0 amide bonds. The fourth-order valence-electron chi connectivity index (χ4n) is 3.11. The van der Waals surface area contributed by atoms with Crippen LogP contribution in [0.2, 0.25) is 0 Å². The zero-order valence-electron chi connectivity index (χ0n) is 12.2. The Morgan fingerprint density at radius 3 is 2.75 bits per heavy atom. The Balaban J connectivity index is 1.76. The van der Waals surface area contributed by atoms with Gasteiger partial charge in [-0.25, -0.2) is 0 Å². The van der Waals surface area contributed by atoms with E-state index >= 15 is 0 Å². The van der Waals surface area contributed by atoms with E-state index in [0.717, 1.165) is 36.9 Å². The standard InChI is InChI=1S/C17H22N2O/c1-11(2)9-12-3-5-13(6-4-12)14-7-8-16-15(10-14)17(18)20-19-16/h3-6,11,14H,7-10,18H2,1-2H3. The van der Waals surface area contributed by atoms with Gasteiger partial charge in [-0.2, -0.15) is 0 Å². The highest BCUT2D eigenvalue weighted by atomic mass is 16.5. The third-order valence-electron chi connectivity index (χ3n) is 4.18. The maximum Gasteiger partial charge on any atom is 0.225 e. The van der Waals surface area contributed by atoms with Gasteiger partial charge in [-0.3, -0.25) is 0 Å². The summed E-state index contributed by atoms with van der Waals surface area (Å²) >= 11 is 0. The molecule has 106 valence electrons. The second-order valence-corrected chi connectivity index (χ2v) is 6.25. The van der Waals surface area contributed by atoms with Crippen LogP contribution in [0, 0.1) is 5.92 Å². The van der Waals surface area contributed by atoms with Crippen molar-refractivity contribution < 1.29 is 4.52 Å². The number of hydrogen-bond acceptors (Lipinski definition) is 3. The molecule has 0 saturated carbocycles. The largest absolute Gasteiger partial charge is 0.367 e. The van der Waals surface area contributed by atoms with Crippen molar-refractivity contribution in [1.29, 1.82) is 0 Å². The summed E-state index contributed by atoms with van der Waals surface area (Å²) < 4.78 is 5.09. The highest BCUT2D eigenvalue weighted by Gasteiger charge is 2.25. The van der Waals surface area contributed by atoms with E-state index in [2.05, 4.69) is 43.3 Å². The van der Waals surface area contributed by atoms with Gasteiger partial charge in [0.2, 0.25) is 5.88 Å². The summed E-state index contributed by atoms with van der Waals surface area (Å²) in [5, 5.41) is 4.03. The molecule has 0 saturated heterocycles. The van der Waals surface area contributed by atoms with Crippen LogP contribution in [0.4, 0.5) is 5.88 Å². The number of nitrogen functional groups attached to an aromatic ring is 1. The third-order valence-corrected chi connectivity index (χ3v) is 4.18. The lowest BCUT2D eigenvalue weighted by Crippen LogP contribution is -2.13. The van der Waals surface area contributed by atoms with Crippen LogP contribution in [0.25, 0.3) is 0 Å². The minimum Gasteiger partial charge on any atom is -0.367 e. The number of aryl methyl sites for hydroxylation is 1. The molecule has 1 aromatic carbocycles. The molecule has 0 aliphatic heterocycles. The van der Waals surface area contributed by atoms with Gasteiger partial charge in [0.25, 0.3) is 0 Å². The molecule has 3 heteroatoms. The molecule has 0 spiro atoms. The molecule has 3 rings (SSSR count). The van der Waals surface area contributed by atoms with Gasteiger partial charge in [0.1, 0.15) is 0 Å². The van der Waals surface area contributed by atoms with Gasteiger partial charge < -0.3 is 10.3 Å². The Labute approximate surface area is 120 Å². The van der Waals surface area contributed by atoms with E-state index in [0.29, 0.717) is 17.7 Å². The lowest BCUT2D eigenvalue weighted by Gasteiger charge is -2.21. The molecular weight excluding hydrogens is 248 g/mol. The van der Waals surface area contributed by atoms with Crippen LogP contribution < -0.4 is 5.73 Å². The fraction of sp³-hybridized carbons (Fsp3) is 0.471. The molecule has 2 N–H and O–H groups in total. The number of hydrogen-bond donors (Lipinski definition) is 1. The molecule has 0 fully saturated rings. The zero-order valence-corrected chi connectivity index (χ0v) is 12.2. The summed E-state index contributed by atoms with van der Waals surface area (Å²) in [5.74, 6) is 1.74. The van der Waals surface area contributed by atoms with Crippen molar-refractivity contribution in [2.45, 2.75) is 45.4 Å². The second-order valence-electron chi connectivity index (χ2n) is 6.25. The normalized spacial score (nSPS) is 18.2. The van der Waals surface area contributed by atoms with Crippen LogP contribution in [0.1, 0.15) is 48.6 Å². The first-order valence-corrected chi connectivity index (χ1v) is 7.45. The molecule has 3 nitrogen and oxygen atoms in total. The van der Waals surface area contributed by atoms with E-state index in [1.54, 1.807) is 0 Å². The fourth-order valence-corrected chi connectivity index (χ4v) is 3.11. The van der Waals surface area contributed by atoms with Crippen molar-refractivity contribution >= 4 is 5.88 Å². The smallest absolute Gasteiger partial charge is 0.225 e. The molecule has 1 atom stereocenters. The van der Waals surface area contributed by atoms with E-state index < -0.39 is 0 Å². The summed E-state index contributed by atoms with van der Waals surface area (Å²) in [7, 11) is 0. The molecular formula is C17H22N2O. The molecule has 2 aromatic rings. The quantitative estimate of drug-likeness (QED) is 0.924. The first kappa shape index (κ1) is 13.2. The van der Waals surface area contributed by atoms with Gasteiger partial charge in [-0.15, -0.1) is 0 Å². The van der Waals surface area contributed by atoms with Crippen LogP contribution in [0.15, 0.2) is 28.8 Å². The molecule has 0 radical (unpaired) electrons. The number of nitrogens with two attached hydrogens (primary N) is 1. The van der Waals surface area contributed by atoms with Crippen molar-refractivity contribution in [1.82, 2.24) is 5.16 Å². The predicted octanol–water partition coefficient (Wildman–Crippen LogP) is 3.73. The molecule has 20 heavy (non-hydrogen) atoms. The van der Waals surface area contributed by atoms with Crippen molar-refractivity contribution in [2.24, 2.45) is 5.92 Å². The number of rotatable bonds is 3. The van der Waals surface area contributed by atoms with Crippen molar-refractivity contribution in [3.63, 3.8) is 0 Å². The van der Waals surface area contributed by atoms with E-state index in [-0.39, 0.29) is 0 Å². The van der Waals surface area contributed by atoms with E-state index in [9.17, 15) is 0 Å². The first-order chi connectivity index (χ1) is 9.63. The van der Waals surface area contributed by atoms with E-state index in [1.165, 1.54) is 11.1 Å². The Kier molecular flexibility index (Phi) is 3.51. The third kappa shape index (κ3) is 2.58. The number of aromatic nitrogens is 1. The van der Waals surface area contributed by atoms with E-state index in [1.807, 2.05) is 0 Å². The van der Waals surface area contributed by atoms with Gasteiger partial charge in [-0.1, -0.05) is 43.3 Å². The molecule has 1 aliphatic carbocycles. The lowest BCUT2D eigenvalue weighted by atomic mass is 9.82. The van der Waals surface area contributed by atoms with Crippen molar-refractivity contribution in [3.05, 3.63) is 46.6 Å². The van der Waals surface area contributed by atoms with Crippen LogP contribution in [-0.4, -0.2) is 5.16 Å². The maximum atomic E-state index is 5.85. The number of nitrogens with zero attached hydrogens (tertiary/aromatic N) is 1. The number of fused-ring (bicyclic) bond motifs is 1. The van der Waals surface area contributed by atoms with E-state index in [4.69, 9.17) is 10.3 Å². The molecule has 0 bridgehead atoms. The average molecular weight is 270 g/mol. The summed E-state index contributed by atoms with van der Waals surface area (Å²) in [6.45, 7) is 4.51. The monoisotopic (exact) mass is 270 g/mol. The Morgan fingerprint density at radius 2 is 2.05 bits per heavy atom. The zero-order chi connectivity index (χ0) is 14.1. The topological polar surface area (TPSA) is 52.0 Å². The summed E-state index contributed by atoms with van der Waals surface area (Å²) in [4.78, 5) is 0. The number of benzene rings is 1. The minimum atomic E-state index is 0.501. The van der Waals surface area contributed by atoms with Gasteiger partial charge in [0.15, 0.2) is 0 Å². The van der Waals surface area contributed by atoms with Gasteiger partial charge in [-0.05, 0) is 48.6 Å². The Bertz CT molecular complexity index is 584. The van der Waals surface area contributed by atoms with Crippen LogP contribution in [-0.2, 0) is 19.3 Å². The Hall–Kier alpha value is -1.77. The summed E-state index contributed by atoms with van der Waals surface area (Å²) in [6.07, 6.45) is 4.19. The lowest BCUT2D eigenvalue weighted by molar-refractivity contribution is 0.426. The average Bonchev–Trinajstić information content (AvgIpc) is 2.80. The minimum absolute atomic E-state index is 0.501. The summed E-state index contributed by atoms with van der Waals surface area (Å²) in [5.41, 5.74) is 10.8. The van der Waals surface area contributed by atoms with Crippen molar-refractivity contribution in [2.75, 3.05) is 5.73 Å². The second kappa shape index (κ2) is 5.31. The maximum absolute atomic E-state index is 5.85. The molecule has 1 heterocycles. The SMILES string of the molecule is CC(C)Cc1ccc(C2CCc3noc(N)c3C2)cc1. The number of anilines is 1. The van der Waals surface area contributed by atoms with Crippen LogP contribution in [0.3, 0.4) is 0 Å². The first-order valence-electron chi connectivity index (χ1n) is 7.45. The molecule has 1 aliphatic rings. The Morgan fingerprint density at radius 1 is 1.30 bits per heavy atom. The van der Waals surface area contributed by atoms with Crippen molar-refractivity contribution in [3.8, 4) is 0 Å². The highest BCUT2D eigenvalue weighted by Crippen LogP contribution is 2.35. The van der Waals surface area contributed by atoms with Crippen LogP contribution in [0.5, 0.6) is 0 Å². The predicted molar refractivity (Wildman–Crippen MR) is 80.7 cm³/mol. The van der Waals surface area contributed by atoms with Gasteiger partial charge in [0.05, 0.1) is 5.69 Å². The summed E-state index contributed by atoms with van der Waals surface area (Å²) in [6, 6.07) is 9.08. The van der Waals surface area contributed by atoms with Gasteiger partial charge in [0, 0.05) is 5.56 Å².